The van der Waals surface area contributed by atoms with Crippen molar-refractivity contribution >= 4 is 17.6 Å². The summed E-state index contributed by atoms with van der Waals surface area (Å²) in [5, 5.41) is 4.07. The van der Waals surface area contributed by atoms with Crippen LogP contribution in [0.4, 0.5) is 5.69 Å². The second-order valence-corrected chi connectivity index (χ2v) is 3.96. The van der Waals surface area contributed by atoms with Gasteiger partial charge in [-0.25, -0.2) is 0 Å². The molecule has 0 aliphatic heterocycles. The van der Waals surface area contributed by atoms with Crippen LogP contribution >= 0.6 is 11.9 Å². The van der Waals surface area contributed by atoms with Gasteiger partial charge in [0, 0.05) is 5.75 Å². The van der Waals surface area contributed by atoms with Crippen molar-refractivity contribution in [3.05, 3.63) is 30.3 Å². The molecular weight excluding hydrogens is 180 g/mol. The van der Waals surface area contributed by atoms with Gasteiger partial charge < -0.3 is 0 Å². The first-order valence-electron chi connectivity index (χ1n) is 4.37. The Labute approximate surface area is 83.6 Å². The van der Waals surface area contributed by atoms with Crippen LogP contribution < -0.4 is 0 Å². The Kier molecular flexibility index (Phi) is 4.54. The van der Waals surface area contributed by atoms with Gasteiger partial charge >= 0.3 is 0 Å². The van der Waals surface area contributed by atoms with E-state index in [-0.39, 0.29) is 0 Å². The van der Waals surface area contributed by atoms with Crippen LogP contribution in [-0.4, -0.2) is 5.75 Å². The summed E-state index contributed by atoms with van der Waals surface area (Å²) in [6.45, 7) is 4.34. The summed E-state index contributed by atoms with van der Waals surface area (Å²) in [5.74, 6) is 1.69. The minimum Gasteiger partial charge on any atom is -0.144 e. The van der Waals surface area contributed by atoms with Crippen LogP contribution in [0.3, 0.4) is 0 Å². The van der Waals surface area contributed by atoms with Crippen molar-refractivity contribution in [1.29, 1.82) is 0 Å². The molecule has 0 amide bonds. The van der Waals surface area contributed by atoms with Crippen molar-refractivity contribution in [2.24, 2.45) is 15.6 Å². The van der Waals surface area contributed by atoms with E-state index in [1.807, 2.05) is 30.3 Å². The Morgan fingerprint density at radius 2 is 1.92 bits per heavy atom. The molecule has 0 bridgehead atoms. The highest BCUT2D eigenvalue weighted by Crippen LogP contribution is 2.15. The van der Waals surface area contributed by atoms with Gasteiger partial charge in [0.05, 0.1) is 5.69 Å². The number of hydrogen-bond donors (Lipinski definition) is 0. The molecule has 0 heterocycles. The molecule has 1 rings (SSSR count). The molecule has 1 aromatic rings. The van der Waals surface area contributed by atoms with Crippen LogP contribution in [0.15, 0.2) is 40.0 Å². The summed E-state index contributed by atoms with van der Waals surface area (Å²) in [7, 11) is 0. The number of nitrogens with zero attached hydrogens (tertiary/aromatic N) is 2. The zero-order valence-electron chi connectivity index (χ0n) is 7.97. The van der Waals surface area contributed by atoms with E-state index >= 15 is 0 Å². The largest absolute Gasteiger partial charge is 0.144 e. The summed E-state index contributed by atoms with van der Waals surface area (Å²) < 4.78 is 4.02. The minimum atomic E-state index is 0.666. The van der Waals surface area contributed by atoms with E-state index in [2.05, 4.69) is 23.5 Å². The third-order valence-electron chi connectivity index (χ3n) is 1.38. The van der Waals surface area contributed by atoms with E-state index in [9.17, 15) is 0 Å². The Morgan fingerprint density at radius 3 is 2.54 bits per heavy atom. The second-order valence-electron chi connectivity index (χ2n) is 3.21. The lowest BCUT2D eigenvalue weighted by Gasteiger charge is -1.96. The van der Waals surface area contributed by atoms with Gasteiger partial charge in [-0.2, -0.15) is 0 Å². The molecule has 0 fully saturated rings. The lowest BCUT2D eigenvalue weighted by molar-refractivity contribution is 0.750. The smallest absolute Gasteiger partial charge is 0.0863 e. The fourth-order valence-corrected chi connectivity index (χ4v) is 1.27. The molecule has 3 heteroatoms. The second kappa shape index (κ2) is 5.75. The molecule has 70 valence electrons. The first-order chi connectivity index (χ1) is 6.29. The highest BCUT2D eigenvalue weighted by atomic mass is 32.2. The molecule has 0 saturated heterocycles. The Balaban J connectivity index is 2.33. The van der Waals surface area contributed by atoms with Crippen molar-refractivity contribution in [1.82, 2.24) is 0 Å². The van der Waals surface area contributed by atoms with E-state index in [0.29, 0.717) is 5.92 Å². The van der Waals surface area contributed by atoms with Crippen molar-refractivity contribution in [3.63, 3.8) is 0 Å². The van der Waals surface area contributed by atoms with Crippen molar-refractivity contribution in [2.45, 2.75) is 13.8 Å². The topological polar surface area (TPSA) is 24.7 Å². The van der Waals surface area contributed by atoms with E-state index < -0.39 is 0 Å². The molecule has 0 unspecified atom stereocenters. The van der Waals surface area contributed by atoms with Crippen molar-refractivity contribution < 1.29 is 0 Å². The van der Waals surface area contributed by atoms with Gasteiger partial charge in [0.15, 0.2) is 0 Å². The molecule has 0 aliphatic rings. The van der Waals surface area contributed by atoms with Crippen LogP contribution in [0.2, 0.25) is 0 Å². The summed E-state index contributed by atoms with van der Waals surface area (Å²) in [5.41, 5.74) is 0.916. The van der Waals surface area contributed by atoms with Crippen LogP contribution in [-0.2, 0) is 0 Å². The molecule has 1 aromatic carbocycles. The Bertz CT molecular complexity index is 257. The average molecular weight is 194 g/mol. The first-order valence-corrected chi connectivity index (χ1v) is 5.31. The van der Waals surface area contributed by atoms with Gasteiger partial charge in [0.1, 0.15) is 0 Å². The Hall–Kier alpha value is -0.830. The van der Waals surface area contributed by atoms with Gasteiger partial charge in [-0.3, -0.25) is 0 Å². The van der Waals surface area contributed by atoms with Gasteiger partial charge in [-0.05, 0) is 30.0 Å². The molecule has 2 nitrogen and oxygen atoms in total. The average Bonchev–Trinajstić information content (AvgIpc) is 2.14. The summed E-state index contributed by atoms with van der Waals surface area (Å²) in [6.07, 6.45) is 0. The highest BCUT2D eigenvalue weighted by molar-refractivity contribution is 7.97. The molecule has 0 saturated carbocycles. The summed E-state index contributed by atoms with van der Waals surface area (Å²) >= 11 is 1.51. The lowest BCUT2D eigenvalue weighted by Crippen LogP contribution is -1.87. The van der Waals surface area contributed by atoms with E-state index in [1.54, 1.807) is 0 Å². The SMILES string of the molecule is CC(C)CS/N=N/c1ccccc1. The molecule has 13 heavy (non-hydrogen) atoms. The minimum absolute atomic E-state index is 0.666. The zero-order valence-corrected chi connectivity index (χ0v) is 8.79. The highest BCUT2D eigenvalue weighted by Gasteiger charge is 1.91. The van der Waals surface area contributed by atoms with Gasteiger partial charge in [-0.15, -0.1) is 9.63 Å². The number of benzene rings is 1. The van der Waals surface area contributed by atoms with Crippen LogP contribution in [0.1, 0.15) is 13.8 Å². The van der Waals surface area contributed by atoms with E-state index in [1.165, 1.54) is 11.9 Å². The summed E-state index contributed by atoms with van der Waals surface area (Å²) in [4.78, 5) is 0. The fraction of sp³-hybridized carbons (Fsp3) is 0.400. The predicted octanol–water partition coefficient (Wildman–Crippen LogP) is 4.07. The lowest BCUT2D eigenvalue weighted by atomic mass is 10.3. The van der Waals surface area contributed by atoms with Crippen molar-refractivity contribution in [2.75, 3.05) is 5.75 Å². The van der Waals surface area contributed by atoms with Gasteiger partial charge in [0.25, 0.3) is 0 Å². The monoisotopic (exact) mass is 194 g/mol. The number of rotatable bonds is 4. The summed E-state index contributed by atoms with van der Waals surface area (Å²) in [6, 6.07) is 9.78. The first kappa shape index (κ1) is 10.3. The van der Waals surface area contributed by atoms with Gasteiger partial charge in [-0.1, -0.05) is 32.0 Å². The molecule has 0 aromatic heterocycles. The quantitative estimate of drug-likeness (QED) is 0.523. The molecular formula is C10H14N2S. The van der Waals surface area contributed by atoms with Crippen LogP contribution in [0.25, 0.3) is 0 Å². The fourth-order valence-electron chi connectivity index (χ4n) is 0.753. The number of hydrogen-bond acceptors (Lipinski definition) is 3. The molecule has 0 N–H and O–H groups in total. The molecule has 0 atom stereocenters. The third-order valence-corrected chi connectivity index (χ3v) is 2.39. The standard InChI is InChI=1S/C10H14N2S/c1-9(2)8-13-12-11-10-6-4-3-5-7-10/h3-7,9H,8H2,1-2H3/b12-11+. The molecule has 0 spiro atoms. The zero-order chi connectivity index (χ0) is 9.52. The third kappa shape index (κ3) is 4.68. The maximum atomic E-state index is 4.07. The maximum absolute atomic E-state index is 4.07. The van der Waals surface area contributed by atoms with Gasteiger partial charge in [0.2, 0.25) is 0 Å². The van der Waals surface area contributed by atoms with Crippen molar-refractivity contribution in [3.8, 4) is 0 Å². The van der Waals surface area contributed by atoms with E-state index in [0.717, 1.165) is 11.4 Å². The van der Waals surface area contributed by atoms with Crippen LogP contribution in [0.5, 0.6) is 0 Å². The predicted molar refractivity (Wildman–Crippen MR) is 58.3 cm³/mol. The Morgan fingerprint density at radius 1 is 1.23 bits per heavy atom. The molecule has 0 aliphatic carbocycles. The normalized spacial score (nSPS) is 11.3. The van der Waals surface area contributed by atoms with Crippen LogP contribution in [0, 0.1) is 5.92 Å². The molecule has 0 radical (unpaired) electrons. The van der Waals surface area contributed by atoms with E-state index in [4.69, 9.17) is 0 Å². The maximum Gasteiger partial charge on any atom is 0.0863 e.